The zero-order chi connectivity index (χ0) is 11.5. The molecule has 0 saturated carbocycles. The van der Waals surface area contributed by atoms with E-state index < -0.39 is 0 Å². The number of hydrogen-bond donors (Lipinski definition) is 1. The van der Waals surface area contributed by atoms with Gasteiger partial charge in [0.1, 0.15) is 0 Å². The Kier molecular flexibility index (Phi) is 3.19. The van der Waals surface area contributed by atoms with Crippen LogP contribution in [0.5, 0.6) is 0 Å². The number of anilines is 1. The van der Waals surface area contributed by atoms with E-state index in [-0.39, 0.29) is 11.9 Å². The minimum Gasteiger partial charge on any atom is -0.292 e. The van der Waals surface area contributed by atoms with E-state index in [0.717, 1.165) is 5.69 Å². The number of carbonyl (C=O) groups is 2. The van der Waals surface area contributed by atoms with E-state index >= 15 is 0 Å². The number of pyridine rings is 1. The standard InChI is InChI=1S/C10H10BrN3O2/c11-5-7-1-2-8(6-12-7)14-4-3-9(15)13-10(14)16/h1-2,6H,3-5H2,(H,13,15,16). The minimum absolute atomic E-state index is 0.230. The number of rotatable bonds is 2. The van der Waals surface area contributed by atoms with Crippen molar-refractivity contribution in [2.45, 2.75) is 11.8 Å². The number of aromatic nitrogens is 1. The van der Waals surface area contributed by atoms with Gasteiger partial charge in [-0.2, -0.15) is 0 Å². The van der Waals surface area contributed by atoms with Gasteiger partial charge in [0.15, 0.2) is 0 Å². The van der Waals surface area contributed by atoms with Crippen molar-refractivity contribution in [1.82, 2.24) is 10.3 Å². The number of halogens is 1. The fraction of sp³-hybridized carbons (Fsp3) is 0.300. The van der Waals surface area contributed by atoms with Crippen molar-refractivity contribution >= 4 is 33.6 Å². The number of carbonyl (C=O) groups excluding carboxylic acids is 2. The number of amides is 3. The quantitative estimate of drug-likeness (QED) is 0.835. The Labute approximate surface area is 101 Å². The monoisotopic (exact) mass is 283 g/mol. The van der Waals surface area contributed by atoms with Crippen LogP contribution in [0.4, 0.5) is 10.5 Å². The highest BCUT2D eigenvalue weighted by molar-refractivity contribution is 9.08. The van der Waals surface area contributed by atoms with Crippen LogP contribution in [0.15, 0.2) is 18.3 Å². The van der Waals surface area contributed by atoms with E-state index in [4.69, 9.17) is 0 Å². The second-order valence-electron chi connectivity index (χ2n) is 3.40. The summed E-state index contributed by atoms with van der Waals surface area (Å²) in [5, 5.41) is 2.95. The topological polar surface area (TPSA) is 62.3 Å². The predicted molar refractivity (Wildman–Crippen MR) is 62.4 cm³/mol. The summed E-state index contributed by atoms with van der Waals surface area (Å²) in [6.07, 6.45) is 1.96. The number of hydrogen-bond acceptors (Lipinski definition) is 3. The van der Waals surface area contributed by atoms with Crippen LogP contribution >= 0.6 is 15.9 Å². The molecule has 0 aliphatic carbocycles. The van der Waals surface area contributed by atoms with E-state index in [2.05, 4.69) is 26.2 Å². The summed E-state index contributed by atoms with van der Waals surface area (Å²) in [7, 11) is 0. The second kappa shape index (κ2) is 4.61. The van der Waals surface area contributed by atoms with Gasteiger partial charge in [0.05, 0.1) is 17.6 Å². The maximum absolute atomic E-state index is 11.5. The van der Waals surface area contributed by atoms with Crippen LogP contribution in [-0.4, -0.2) is 23.5 Å². The van der Waals surface area contributed by atoms with Crippen LogP contribution in [-0.2, 0) is 10.1 Å². The molecule has 2 rings (SSSR count). The average Bonchev–Trinajstić information content (AvgIpc) is 2.29. The van der Waals surface area contributed by atoms with Gasteiger partial charge in [0.25, 0.3) is 0 Å². The Balaban J connectivity index is 2.17. The first-order valence-electron chi connectivity index (χ1n) is 4.83. The Bertz CT molecular complexity index is 419. The Hall–Kier alpha value is -1.43. The largest absolute Gasteiger partial charge is 0.328 e. The van der Waals surface area contributed by atoms with Gasteiger partial charge in [-0.25, -0.2) is 4.79 Å². The lowest BCUT2D eigenvalue weighted by molar-refractivity contribution is -0.120. The molecule has 1 saturated heterocycles. The summed E-state index contributed by atoms with van der Waals surface area (Å²) < 4.78 is 0. The summed E-state index contributed by atoms with van der Waals surface area (Å²) in [6, 6.07) is 3.27. The maximum atomic E-state index is 11.5. The van der Waals surface area contributed by atoms with Gasteiger partial charge in [-0.05, 0) is 12.1 Å². The lowest BCUT2D eigenvalue weighted by Crippen LogP contribution is -2.49. The zero-order valence-corrected chi connectivity index (χ0v) is 10.0. The van der Waals surface area contributed by atoms with E-state index in [1.807, 2.05) is 12.1 Å². The van der Waals surface area contributed by atoms with Crippen LogP contribution in [0.1, 0.15) is 12.1 Å². The maximum Gasteiger partial charge on any atom is 0.328 e. The van der Waals surface area contributed by atoms with Gasteiger partial charge < -0.3 is 0 Å². The number of nitrogens with zero attached hydrogens (tertiary/aromatic N) is 2. The first-order valence-corrected chi connectivity index (χ1v) is 5.95. The molecule has 0 spiro atoms. The normalized spacial score (nSPS) is 16.2. The molecular weight excluding hydrogens is 274 g/mol. The van der Waals surface area contributed by atoms with Crippen LogP contribution < -0.4 is 10.2 Å². The average molecular weight is 284 g/mol. The van der Waals surface area contributed by atoms with Crippen LogP contribution in [0.25, 0.3) is 0 Å². The number of urea groups is 1. The predicted octanol–water partition coefficient (Wildman–Crippen LogP) is 1.42. The van der Waals surface area contributed by atoms with Gasteiger partial charge in [-0.1, -0.05) is 15.9 Å². The smallest absolute Gasteiger partial charge is 0.292 e. The Morgan fingerprint density at radius 1 is 1.44 bits per heavy atom. The van der Waals surface area contributed by atoms with E-state index in [0.29, 0.717) is 24.0 Å². The summed E-state index contributed by atoms with van der Waals surface area (Å²) in [4.78, 5) is 28.2. The molecule has 2 heterocycles. The van der Waals surface area contributed by atoms with Gasteiger partial charge in [-0.15, -0.1) is 0 Å². The Morgan fingerprint density at radius 3 is 2.81 bits per heavy atom. The van der Waals surface area contributed by atoms with Crippen molar-refractivity contribution in [3.05, 3.63) is 24.0 Å². The first-order chi connectivity index (χ1) is 7.70. The first kappa shape index (κ1) is 11.1. The number of imide groups is 1. The van der Waals surface area contributed by atoms with Gasteiger partial charge in [-0.3, -0.25) is 20.0 Å². The third-order valence-corrected chi connectivity index (χ3v) is 2.89. The van der Waals surface area contributed by atoms with Crippen LogP contribution in [0.3, 0.4) is 0 Å². The molecule has 0 bridgehead atoms. The van der Waals surface area contributed by atoms with Crippen molar-refractivity contribution in [2.24, 2.45) is 0 Å². The fourth-order valence-electron chi connectivity index (χ4n) is 1.47. The lowest BCUT2D eigenvalue weighted by Gasteiger charge is -2.26. The molecule has 16 heavy (non-hydrogen) atoms. The molecule has 5 nitrogen and oxygen atoms in total. The summed E-state index contributed by atoms with van der Waals surface area (Å²) in [6.45, 7) is 0.403. The van der Waals surface area contributed by atoms with Gasteiger partial charge >= 0.3 is 6.03 Å². The molecule has 0 unspecified atom stereocenters. The number of alkyl halides is 1. The summed E-state index contributed by atoms with van der Waals surface area (Å²) in [5.41, 5.74) is 1.60. The molecular formula is C10H10BrN3O2. The molecule has 1 aromatic heterocycles. The van der Waals surface area contributed by atoms with Crippen molar-refractivity contribution in [2.75, 3.05) is 11.4 Å². The fourth-order valence-corrected chi connectivity index (χ4v) is 1.80. The lowest BCUT2D eigenvalue weighted by atomic mass is 10.2. The molecule has 1 N–H and O–H groups in total. The highest BCUT2D eigenvalue weighted by Crippen LogP contribution is 2.16. The minimum atomic E-state index is -0.385. The molecule has 0 atom stereocenters. The molecule has 3 amide bonds. The van der Waals surface area contributed by atoms with Crippen LogP contribution in [0.2, 0.25) is 0 Å². The van der Waals surface area contributed by atoms with Crippen molar-refractivity contribution in [3.8, 4) is 0 Å². The molecule has 1 aliphatic rings. The zero-order valence-electron chi connectivity index (χ0n) is 8.44. The van der Waals surface area contributed by atoms with Gasteiger partial charge in [0.2, 0.25) is 5.91 Å². The third kappa shape index (κ3) is 2.21. The molecule has 1 aromatic rings. The summed E-state index contributed by atoms with van der Waals surface area (Å²) >= 11 is 3.30. The Morgan fingerprint density at radius 2 is 2.25 bits per heavy atom. The molecule has 1 aliphatic heterocycles. The second-order valence-corrected chi connectivity index (χ2v) is 3.96. The number of nitrogens with one attached hydrogen (secondary N) is 1. The molecule has 0 aromatic carbocycles. The van der Waals surface area contributed by atoms with Crippen LogP contribution in [0, 0.1) is 0 Å². The molecule has 0 radical (unpaired) electrons. The van der Waals surface area contributed by atoms with E-state index in [1.54, 1.807) is 6.20 Å². The van der Waals surface area contributed by atoms with Gasteiger partial charge in [0, 0.05) is 18.3 Å². The SMILES string of the molecule is O=C1CCN(c2ccc(CBr)nc2)C(=O)N1. The van der Waals surface area contributed by atoms with Crippen molar-refractivity contribution in [1.29, 1.82) is 0 Å². The third-order valence-electron chi connectivity index (χ3n) is 2.31. The molecule has 1 fully saturated rings. The molecule has 6 heteroatoms. The van der Waals surface area contributed by atoms with Crippen molar-refractivity contribution in [3.63, 3.8) is 0 Å². The molecule has 84 valence electrons. The highest BCUT2D eigenvalue weighted by Gasteiger charge is 2.24. The van der Waals surface area contributed by atoms with E-state index in [1.165, 1.54) is 4.90 Å². The van der Waals surface area contributed by atoms with E-state index in [9.17, 15) is 9.59 Å². The van der Waals surface area contributed by atoms with Crippen molar-refractivity contribution < 1.29 is 9.59 Å². The highest BCUT2D eigenvalue weighted by atomic mass is 79.9. The summed E-state index contributed by atoms with van der Waals surface area (Å²) in [5.74, 6) is -0.230.